The SMILES string of the molecule is c1ccc2c(c1)Oc1cc(-c3cccc4sc5cnccc5c34)ccc1C21c2ccccc2Oc2cc(-c3cccc4sc5cnccc5c34)ccc21. The smallest absolute Gasteiger partial charge is 0.132 e. The molecule has 0 bridgehead atoms. The second-order valence-electron chi connectivity index (χ2n) is 13.7. The molecule has 0 fully saturated rings. The van der Waals surface area contributed by atoms with Gasteiger partial charge in [0.15, 0.2) is 0 Å². The minimum atomic E-state index is -0.676. The Morgan fingerprint density at radius 2 is 0.887 bits per heavy atom. The molecular weight excluding hydrogens is 689 g/mol. The molecule has 12 rings (SSSR count). The van der Waals surface area contributed by atoms with Gasteiger partial charge in [0, 0.05) is 78.0 Å². The van der Waals surface area contributed by atoms with Gasteiger partial charge in [-0.2, -0.15) is 0 Å². The van der Waals surface area contributed by atoms with Crippen LogP contribution in [0, 0.1) is 0 Å². The van der Waals surface area contributed by atoms with Crippen LogP contribution in [-0.4, -0.2) is 9.97 Å². The fourth-order valence-electron chi connectivity index (χ4n) is 8.85. The summed E-state index contributed by atoms with van der Waals surface area (Å²) in [5.41, 5.74) is 8.30. The number of thiophene rings is 2. The third-order valence-electron chi connectivity index (χ3n) is 11.0. The molecule has 6 heteroatoms. The Labute approximate surface area is 312 Å². The highest BCUT2D eigenvalue weighted by Gasteiger charge is 2.50. The summed E-state index contributed by atoms with van der Waals surface area (Å²) < 4.78 is 18.7. The van der Waals surface area contributed by atoms with E-state index < -0.39 is 5.41 Å². The van der Waals surface area contributed by atoms with Crippen LogP contribution in [0.4, 0.5) is 0 Å². The Balaban J connectivity index is 1.11. The quantitative estimate of drug-likeness (QED) is 0.179. The lowest BCUT2D eigenvalue weighted by Crippen LogP contribution is -2.36. The Hall–Kier alpha value is -6.34. The molecule has 1 spiro atoms. The van der Waals surface area contributed by atoms with Crippen LogP contribution in [0.25, 0.3) is 62.6 Å². The monoisotopic (exact) mass is 714 g/mol. The third kappa shape index (κ3) is 3.99. The summed E-state index contributed by atoms with van der Waals surface area (Å²) in [6.45, 7) is 0. The van der Waals surface area contributed by atoms with Crippen LogP contribution in [0.15, 0.2) is 158 Å². The number of pyridine rings is 2. The minimum Gasteiger partial charge on any atom is -0.457 e. The van der Waals surface area contributed by atoms with Crippen molar-refractivity contribution in [1.82, 2.24) is 9.97 Å². The van der Waals surface area contributed by atoms with Gasteiger partial charge >= 0.3 is 0 Å². The second-order valence-corrected chi connectivity index (χ2v) is 15.8. The first kappa shape index (κ1) is 29.3. The molecule has 6 heterocycles. The zero-order valence-corrected chi connectivity index (χ0v) is 29.7. The molecule has 2 aliphatic heterocycles. The van der Waals surface area contributed by atoms with Crippen LogP contribution in [0.3, 0.4) is 0 Å². The van der Waals surface area contributed by atoms with Gasteiger partial charge in [-0.1, -0.05) is 84.9 Å². The Morgan fingerprint density at radius 1 is 0.415 bits per heavy atom. The number of nitrogens with zero attached hydrogens (tertiary/aromatic N) is 2. The fraction of sp³-hybridized carbons (Fsp3) is 0.0213. The average molecular weight is 715 g/mol. The van der Waals surface area contributed by atoms with E-state index in [0.29, 0.717) is 0 Å². The molecular formula is C47H26N2O2S2. The number of benzene rings is 6. The van der Waals surface area contributed by atoms with Crippen molar-refractivity contribution in [3.63, 3.8) is 0 Å². The molecule has 0 radical (unpaired) electrons. The predicted octanol–water partition coefficient (Wildman–Crippen LogP) is 13.1. The second kappa shape index (κ2) is 10.8. The third-order valence-corrected chi connectivity index (χ3v) is 13.2. The normalized spacial score (nSPS) is 13.7. The van der Waals surface area contributed by atoms with Gasteiger partial charge in [-0.05, 0) is 70.8 Å². The fourth-order valence-corrected chi connectivity index (χ4v) is 11.0. The van der Waals surface area contributed by atoms with Crippen molar-refractivity contribution in [2.45, 2.75) is 5.41 Å². The summed E-state index contributed by atoms with van der Waals surface area (Å²) in [6, 6.07) is 47.9. The lowest BCUT2D eigenvalue weighted by Gasteiger charge is -2.45. The molecule has 4 nitrogen and oxygen atoms in total. The van der Waals surface area contributed by atoms with E-state index >= 15 is 0 Å². The van der Waals surface area contributed by atoms with Gasteiger partial charge < -0.3 is 9.47 Å². The first-order valence-electron chi connectivity index (χ1n) is 17.6. The molecule has 0 amide bonds. The maximum atomic E-state index is 6.90. The molecule has 0 unspecified atom stereocenters. The molecule has 6 aromatic carbocycles. The molecule has 4 aromatic heterocycles. The van der Waals surface area contributed by atoms with E-state index in [1.807, 2.05) is 24.8 Å². The summed E-state index contributed by atoms with van der Waals surface area (Å²) in [5.74, 6) is 3.37. The van der Waals surface area contributed by atoms with E-state index in [2.05, 4.69) is 143 Å². The number of para-hydroxylation sites is 2. The van der Waals surface area contributed by atoms with Crippen molar-refractivity contribution < 1.29 is 9.47 Å². The number of hydrogen-bond acceptors (Lipinski definition) is 6. The highest BCUT2D eigenvalue weighted by molar-refractivity contribution is 7.26. The molecule has 0 saturated heterocycles. The lowest BCUT2D eigenvalue weighted by molar-refractivity contribution is 0.399. The number of rotatable bonds is 2. The van der Waals surface area contributed by atoms with Crippen LogP contribution >= 0.6 is 22.7 Å². The number of aromatic nitrogens is 2. The van der Waals surface area contributed by atoms with Crippen molar-refractivity contribution in [3.8, 4) is 45.3 Å². The summed E-state index contributed by atoms with van der Waals surface area (Å²) in [6.07, 6.45) is 7.69. The summed E-state index contributed by atoms with van der Waals surface area (Å²) >= 11 is 3.57. The molecule has 53 heavy (non-hydrogen) atoms. The first-order valence-corrected chi connectivity index (χ1v) is 19.2. The molecule has 0 atom stereocenters. The molecule has 248 valence electrons. The van der Waals surface area contributed by atoms with Gasteiger partial charge in [0.25, 0.3) is 0 Å². The molecule has 0 aliphatic carbocycles. The lowest BCUT2D eigenvalue weighted by atomic mass is 9.62. The minimum absolute atomic E-state index is 0.676. The van der Waals surface area contributed by atoms with Crippen molar-refractivity contribution in [2.24, 2.45) is 0 Å². The van der Waals surface area contributed by atoms with Crippen molar-refractivity contribution in [1.29, 1.82) is 0 Å². The van der Waals surface area contributed by atoms with Crippen LogP contribution in [-0.2, 0) is 5.41 Å². The topological polar surface area (TPSA) is 44.2 Å². The molecule has 10 aromatic rings. The standard InChI is InChI=1S/C47H26N2O2S2/c1-3-11-37-33(9-1)47(35-17-15-27(23-39(35)50-37)29-7-5-13-41-45(29)31-19-21-48-25-43(31)52-41)34-10-2-4-12-38(34)51-40-24-28(16-18-36(40)47)30-8-6-14-42-46(30)32-20-22-49-26-44(32)53-42/h1-26H. The Morgan fingerprint density at radius 3 is 1.40 bits per heavy atom. The Bertz CT molecular complexity index is 2950. The van der Waals surface area contributed by atoms with Gasteiger partial charge in [-0.15, -0.1) is 22.7 Å². The molecule has 2 aliphatic rings. The van der Waals surface area contributed by atoms with Crippen LogP contribution in [0.2, 0.25) is 0 Å². The highest BCUT2D eigenvalue weighted by Crippen LogP contribution is 2.62. The highest BCUT2D eigenvalue weighted by atomic mass is 32.1. The van der Waals surface area contributed by atoms with E-state index in [1.165, 1.54) is 51.5 Å². The molecule has 0 saturated carbocycles. The van der Waals surface area contributed by atoms with Crippen molar-refractivity contribution in [3.05, 3.63) is 181 Å². The number of ether oxygens (including phenoxy) is 2. The average Bonchev–Trinajstić information content (AvgIpc) is 3.79. The molecule has 0 N–H and O–H groups in total. The van der Waals surface area contributed by atoms with Gasteiger partial charge in [-0.25, -0.2) is 0 Å². The van der Waals surface area contributed by atoms with E-state index in [4.69, 9.17) is 9.47 Å². The van der Waals surface area contributed by atoms with Crippen LogP contribution in [0.1, 0.15) is 22.3 Å². The maximum absolute atomic E-state index is 6.90. The largest absolute Gasteiger partial charge is 0.457 e. The predicted molar refractivity (Wildman–Crippen MR) is 217 cm³/mol. The number of hydrogen-bond donors (Lipinski definition) is 0. The van der Waals surface area contributed by atoms with Crippen LogP contribution in [0.5, 0.6) is 23.0 Å². The Kier molecular flexibility index (Phi) is 5.98. The van der Waals surface area contributed by atoms with Gasteiger partial charge in [0.2, 0.25) is 0 Å². The maximum Gasteiger partial charge on any atom is 0.132 e. The summed E-state index contributed by atoms with van der Waals surface area (Å²) in [7, 11) is 0. The zero-order valence-electron chi connectivity index (χ0n) is 28.0. The summed E-state index contributed by atoms with van der Waals surface area (Å²) in [4.78, 5) is 8.80. The van der Waals surface area contributed by atoms with E-state index in [-0.39, 0.29) is 0 Å². The zero-order chi connectivity index (χ0) is 34.7. The van der Waals surface area contributed by atoms with E-state index in [9.17, 15) is 0 Å². The van der Waals surface area contributed by atoms with Crippen molar-refractivity contribution in [2.75, 3.05) is 0 Å². The van der Waals surface area contributed by atoms with E-state index in [1.54, 1.807) is 22.7 Å². The van der Waals surface area contributed by atoms with Gasteiger partial charge in [0.05, 0.1) is 14.8 Å². The summed E-state index contributed by atoms with van der Waals surface area (Å²) in [5, 5.41) is 4.95. The van der Waals surface area contributed by atoms with Crippen LogP contribution < -0.4 is 9.47 Å². The first-order chi connectivity index (χ1) is 26.3. The number of fused-ring (bicyclic) bond motifs is 14. The van der Waals surface area contributed by atoms with Gasteiger partial charge in [-0.3, -0.25) is 9.97 Å². The van der Waals surface area contributed by atoms with E-state index in [0.717, 1.165) is 56.4 Å². The van der Waals surface area contributed by atoms with Gasteiger partial charge in [0.1, 0.15) is 23.0 Å². The van der Waals surface area contributed by atoms with Crippen molar-refractivity contribution >= 4 is 63.0 Å².